The maximum absolute atomic E-state index is 6.24. The van der Waals surface area contributed by atoms with Crippen LogP contribution < -0.4 is 10.5 Å². The third-order valence-electron chi connectivity index (χ3n) is 3.03. The predicted octanol–water partition coefficient (Wildman–Crippen LogP) is 3.88. The molecule has 0 bridgehead atoms. The maximum Gasteiger partial charge on any atom is 0.140 e. The number of ether oxygens (including phenoxy) is 1. The van der Waals surface area contributed by atoms with E-state index >= 15 is 0 Å². The van der Waals surface area contributed by atoms with Crippen molar-refractivity contribution < 1.29 is 4.74 Å². The van der Waals surface area contributed by atoms with Crippen LogP contribution in [-0.4, -0.2) is 11.0 Å². The van der Waals surface area contributed by atoms with Crippen LogP contribution in [0.1, 0.15) is 28.1 Å². The van der Waals surface area contributed by atoms with Gasteiger partial charge < -0.3 is 10.5 Å². The van der Waals surface area contributed by atoms with E-state index in [1.807, 2.05) is 32.0 Å². The Labute approximate surface area is 128 Å². The van der Waals surface area contributed by atoms with Crippen molar-refractivity contribution in [3.8, 4) is 5.75 Å². The summed E-state index contributed by atoms with van der Waals surface area (Å²) in [6.45, 7) is 6.50. The van der Waals surface area contributed by atoms with Gasteiger partial charge in [-0.1, -0.05) is 17.7 Å². The normalized spacial score (nSPS) is 12.4. The molecule has 5 heteroatoms. The SMILES string of the molecule is Cc1nc(COc2cccc(Cl)c2CC(C)N)sc1C. The minimum Gasteiger partial charge on any atom is -0.486 e. The van der Waals surface area contributed by atoms with Crippen molar-refractivity contribution in [1.82, 2.24) is 4.98 Å². The van der Waals surface area contributed by atoms with Gasteiger partial charge in [-0.15, -0.1) is 11.3 Å². The fourth-order valence-corrected chi connectivity index (χ4v) is 3.02. The van der Waals surface area contributed by atoms with Crippen molar-refractivity contribution in [3.63, 3.8) is 0 Å². The van der Waals surface area contributed by atoms with Gasteiger partial charge in [0, 0.05) is 21.5 Å². The van der Waals surface area contributed by atoms with Crippen molar-refractivity contribution in [2.45, 2.75) is 39.8 Å². The van der Waals surface area contributed by atoms with E-state index in [1.54, 1.807) is 11.3 Å². The Hall–Kier alpha value is -1.10. The van der Waals surface area contributed by atoms with E-state index in [2.05, 4.69) is 11.9 Å². The summed E-state index contributed by atoms with van der Waals surface area (Å²) in [6, 6.07) is 5.73. The maximum atomic E-state index is 6.24. The summed E-state index contributed by atoms with van der Waals surface area (Å²) >= 11 is 7.90. The number of nitrogens with zero attached hydrogens (tertiary/aromatic N) is 1. The zero-order valence-electron chi connectivity index (χ0n) is 11.9. The van der Waals surface area contributed by atoms with Crippen LogP contribution in [0.2, 0.25) is 5.02 Å². The van der Waals surface area contributed by atoms with Gasteiger partial charge in [0.2, 0.25) is 0 Å². The van der Waals surface area contributed by atoms with Crippen molar-refractivity contribution in [1.29, 1.82) is 0 Å². The summed E-state index contributed by atoms with van der Waals surface area (Å²) in [5, 5.41) is 1.68. The van der Waals surface area contributed by atoms with E-state index in [-0.39, 0.29) is 6.04 Å². The molecule has 1 unspecified atom stereocenters. The Balaban J connectivity index is 2.14. The van der Waals surface area contributed by atoms with Gasteiger partial charge in [-0.3, -0.25) is 0 Å². The van der Waals surface area contributed by atoms with E-state index < -0.39 is 0 Å². The molecule has 0 saturated heterocycles. The summed E-state index contributed by atoms with van der Waals surface area (Å²) in [5.41, 5.74) is 7.90. The number of rotatable bonds is 5. The predicted molar refractivity (Wildman–Crippen MR) is 84.7 cm³/mol. The lowest BCUT2D eigenvalue weighted by Gasteiger charge is -2.13. The zero-order chi connectivity index (χ0) is 14.7. The number of benzene rings is 1. The van der Waals surface area contributed by atoms with Gasteiger partial charge in [0.25, 0.3) is 0 Å². The third kappa shape index (κ3) is 3.72. The van der Waals surface area contributed by atoms with Gasteiger partial charge in [0.1, 0.15) is 17.4 Å². The second kappa shape index (κ2) is 6.57. The highest BCUT2D eigenvalue weighted by Gasteiger charge is 2.11. The third-order valence-corrected chi connectivity index (χ3v) is 4.43. The summed E-state index contributed by atoms with van der Waals surface area (Å²) in [7, 11) is 0. The molecule has 0 fully saturated rings. The summed E-state index contributed by atoms with van der Waals surface area (Å²) < 4.78 is 5.88. The van der Waals surface area contributed by atoms with Crippen LogP contribution in [0, 0.1) is 13.8 Å². The quantitative estimate of drug-likeness (QED) is 0.911. The van der Waals surface area contributed by atoms with Crippen molar-refractivity contribution in [2.75, 3.05) is 0 Å². The number of aryl methyl sites for hydroxylation is 2. The molecule has 1 aromatic heterocycles. The number of nitrogens with two attached hydrogens (primary N) is 1. The van der Waals surface area contributed by atoms with Crippen LogP contribution in [0.5, 0.6) is 5.75 Å². The number of hydrogen-bond acceptors (Lipinski definition) is 4. The molecule has 20 heavy (non-hydrogen) atoms. The molecule has 2 N–H and O–H groups in total. The van der Waals surface area contributed by atoms with Gasteiger partial charge in [0.05, 0.1) is 5.69 Å². The van der Waals surface area contributed by atoms with Crippen LogP contribution in [0.4, 0.5) is 0 Å². The molecule has 0 saturated carbocycles. The lowest BCUT2D eigenvalue weighted by molar-refractivity contribution is 0.301. The Morgan fingerprint density at radius 2 is 2.15 bits per heavy atom. The van der Waals surface area contributed by atoms with E-state index in [1.165, 1.54) is 4.88 Å². The molecule has 0 aliphatic heterocycles. The van der Waals surface area contributed by atoms with Crippen molar-refractivity contribution >= 4 is 22.9 Å². The molecular formula is C15H19ClN2OS. The van der Waals surface area contributed by atoms with E-state index in [0.717, 1.165) is 22.0 Å². The highest BCUT2D eigenvalue weighted by Crippen LogP contribution is 2.28. The monoisotopic (exact) mass is 310 g/mol. The summed E-state index contributed by atoms with van der Waals surface area (Å²) in [6.07, 6.45) is 0.699. The average molecular weight is 311 g/mol. The largest absolute Gasteiger partial charge is 0.486 e. The van der Waals surface area contributed by atoms with Gasteiger partial charge in [-0.2, -0.15) is 0 Å². The van der Waals surface area contributed by atoms with E-state index in [9.17, 15) is 0 Å². The fraction of sp³-hybridized carbons (Fsp3) is 0.400. The number of halogens is 1. The van der Waals surface area contributed by atoms with Gasteiger partial charge in [-0.25, -0.2) is 4.98 Å². The van der Waals surface area contributed by atoms with Crippen LogP contribution >= 0.6 is 22.9 Å². The molecule has 2 rings (SSSR count). The Morgan fingerprint density at radius 3 is 2.75 bits per heavy atom. The van der Waals surface area contributed by atoms with Crippen LogP contribution in [0.15, 0.2) is 18.2 Å². The van der Waals surface area contributed by atoms with Gasteiger partial charge in [0.15, 0.2) is 0 Å². The lowest BCUT2D eigenvalue weighted by atomic mass is 10.1. The second-order valence-corrected chi connectivity index (χ2v) is 6.63. The Kier molecular flexibility index (Phi) is 5.02. The molecule has 1 aromatic carbocycles. The molecule has 1 heterocycles. The standard InChI is InChI=1S/C15H19ClN2OS/c1-9(17)7-12-13(16)5-4-6-14(12)19-8-15-18-10(2)11(3)20-15/h4-6,9H,7-8,17H2,1-3H3. The Morgan fingerprint density at radius 1 is 1.40 bits per heavy atom. The van der Waals surface area contributed by atoms with Crippen LogP contribution in [-0.2, 0) is 13.0 Å². The molecule has 0 aliphatic rings. The van der Waals surface area contributed by atoms with Crippen molar-refractivity contribution in [3.05, 3.63) is 44.4 Å². The van der Waals surface area contributed by atoms with E-state index in [0.29, 0.717) is 18.1 Å². The highest BCUT2D eigenvalue weighted by atomic mass is 35.5. The highest BCUT2D eigenvalue weighted by molar-refractivity contribution is 7.11. The van der Waals surface area contributed by atoms with E-state index in [4.69, 9.17) is 22.1 Å². The minimum absolute atomic E-state index is 0.0431. The first kappa shape index (κ1) is 15.3. The topological polar surface area (TPSA) is 48.1 Å². The average Bonchev–Trinajstić information content (AvgIpc) is 2.69. The molecule has 0 aliphatic carbocycles. The van der Waals surface area contributed by atoms with Crippen LogP contribution in [0.3, 0.4) is 0 Å². The molecule has 1 atom stereocenters. The minimum atomic E-state index is 0.0431. The fourth-order valence-electron chi connectivity index (χ4n) is 1.93. The zero-order valence-corrected chi connectivity index (χ0v) is 13.5. The molecular weight excluding hydrogens is 292 g/mol. The number of hydrogen-bond donors (Lipinski definition) is 1. The smallest absolute Gasteiger partial charge is 0.140 e. The second-order valence-electron chi connectivity index (χ2n) is 4.94. The Bertz CT molecular complexity index is 576. The first-order valence-corrected chi connectivity index (χ1v) is 7.75. The molecule has 0 spiro atoms. The number of thiazole rings is 1. The molecule has 2 aromatic rings. The summed E-state index contributed by atoms with van der Waals surface area (Å²) in [5.74, 6) is 0.792. The van der Waals surface area contributed by atoms with Crippen LogP contribution in [0.25, 0.3) is 0 Å². The first-order valence-electron chi connectivity index (χ1n) is 6.56. The van der Waals surface area contributed by atoms with Gasteiger partial charge >= 0.3 is 0 Å². The first-order chi connectivity index (χ1) is 9.47. The molecule has 0 amide bonds. The number of aromatic nitrogens is 1. The molecule has 3 nitrogen and oxygen atoms in total. The molecule has 108 valence electrons. The molecule has 0 radical (unpaired) electrons. The summed E-state index contributed by atoms with van der Waals surface area (Å²) in [4.78, 5) is 5.70. The lowest BCUT2D eigenvalue weighted by Crippen LogP contribution is -2.18. The van der Waals surface area contributed by atoms with Crippen molar-refractivity contribution in [2.24, 2.45) is 5.73 Å². The van der Waals surface area contributed by atoms with Gasteiger partial charge in [-0.05, 0) is 39.3 Å².